The van der Waals surface area contributed by atoms with E-state index in [1.807, 2.05) is 35.3 Å². The maximum atomic E-state index is 13.3. The molecule has 0 saturated heterocycles. The minimum absolute atomic E-state index is 0.245. The normalized spacial score (nSPS) is 13.9. The van der Waals surface area contributed by atoms with Gasteiger partial charge in [0.25, 0.3) is 0 Å². The Bertz CT molecular complexity index is 750. The van der Waals surface area contributed by atoms with Gasteiger partial charge in [0, 0.05) is 31.2 Å². The van der Waals surface area contributed by atoms with Gasteiger partial charge < -0.3 is 5.32 Å². The molecule has 0 saturated carbocycles. The Labute approximate surface area is 134 Å². The van der Waals surface area contributed by atoms with Crippen molar-refractivity contribution < 1.29 is 4.39 Å². The van der Waals surface area contributed by atoms with Crippen molar-refractivity contribution in [1.82, 2.24) is 24.9 Å². The lowest BCUT2D eigenvalue weighted by atomic mass is 10.1. The molecular weight excluding hydrogens is 293 g/mol. The maximum absolute atomic E-state index is 13.3. The smallest absolute Gasteiger partial charge is 0.125 e. The summed E-state index contributed by atoms with van der Waals surface area (Å²) in [5.41, 5.74) is 1.63. The van der Waals surface area contributed by atoms with E-state index in [1.54, 1.807) is 16.9 Å². The molecule has 23 heavy (non-hydrogen) atoms. The highest BCUT2D eigenvalue weighted by Crippen LogP contribution is 2.11. The van der Waals surface area contributed by atoms with Gasteiger partial charge in [-0.25, -0.2) is 9.07 Å². The van der Waals surface area contributed by atoms with Crippen LogP contribution in [0.3, 0.4) is 0 Å². The van der Waals surface area contributed by atoms with Gasteiger partial charge in [0.1, 0.15) is 5.82 Å². The molecule has 0 radical (unpaired) electrons. The summed E-state index contributed by atoms with van der Waals surface area (Å²) in [6.07, 6.45) is 5.58. The average molecular weight is 313 g/mol. The van der Waals surface area contributed by atoms with Gasteiger partial charge in [0.15, 0.2) is 0 Å². The zero-order valence-electron chi connectivity index (χ0n) is 13.2. The van der Waals surface area contributed by atoms with Crippen LogP contribution in [0.15, 0.2) is 55.0 Å². The molecule has 5 nitrogen and oxygen atoms in total. The van der Waals surface area contributed by atoms with Crippen LogP contribution in [0.5, 0.6) is 0 Å². The first kappa shape index (κ1) is 15.4. The second kappa shape index (κ2) is 6.75. The Morgan fingerprint density at radius 2 is 2.04 bits per heavy atom. The second-order valence-corrected chi connectivity index (χ2v) is 5.63. The van der Waals surface area contributed by atoms with Crippen molar-refractivity contribution in [1.29, 1.82) is 0 Å². The molecule has 0 fully saturated rings. The van der Waals surface area contributed by atoms with Crippen molar-refractivity contribution in [2.75, 3.05) is 0 Å². The third-order valence-corrected chi connectivity index (χ3v) is 3.99. The van der Waals surface area contributed by atoms with Crippen molar-refractivity contribution in [2.24, 2.45) is 0 Å². The van der Waals surface area contributed by atoms with Gasteiger partial charge in [0.2, 0.25) is 0 Å². The van der Waals surface area contributed by atoms with Crippen LogP contribution in [0.2, 0.25) is 0 Å². The zero-order chi connectivity index (χ0) is 16.2. The summed E-state index contributed by atoms with van der Waals surface area (Å²) in [6.45, 7) is 4.89. The SMILES string of the molecule is C[C@@H](NCc1ccn(-c2cccc(F)c2)n1)[C@H](C)n1cccn1. The van der Waals surface area contributed by atoms with E-state index in [4.69, 9.17) is 0 Å². The molecule has 3 aromatic rings. The molecule has 120 valence electrons. The quantitative estimate of drug-likeness (QED) is 0.761. The molecule has 0 aliphatic carbocycles. The van der Waals surface area contributed by atoms with Crippen LogP contribution in [-0.4, -0.2) is 25.6 Å². The van der Waals surface area contributed by atoms with Crippen molar-refractivity contribution in [3.05, 3.63) is 66.5 Å². The Morgan fingerprint density at radius 1 is 1.17 bits per heavy atom. The van der Waals surface area contributed by atoms with Crippen LogP contribution in [0.1, 0.15) is 25.6 Å². The van der Waals surface area contributed by atoms with Crippen LogP contribution in [0.4, 0.5) is 4.39 Å². The predicted molar refractivity (Wildman–Crippen MR) is 86.8 cm³/mol. The topological polar surface area (TPSA) is 47.7 Å². The van der Waals surface area contributed by atoms with E-state index < -0.39 is 0 Å². The lowest BCUT2D eigenvalue weighted by molar-refractivity contribution is 0.363. The Hall–Kier alpha value is -2.47. The molecule has 0 aliphatic rings. The third-order valence-electron chi connectivity index (χ3n) is 3.99. The molecular formula is C17H20FN5. The first-order valence-corrected chi connectivity index (χ1v) is 7.66. The van der Waals surface area contributed by atoms with Crippen molar-refractivity contribution >= 4 is 0 Å². The fourth-order valence-electron chi connectivity index (χ4n) is 2.41. The summed E-state index contributed by atoms with van der Waals surface area (Å²) in [5, 5.41) is 12.2. The first-order chi connectivity index (χ1) is 11.1. The van der Waals surface area contributed by atoms with Gasteiger partial charge >= 0.3 is 0 Å². The number of hydrogen-bond acceptors (Lipinski definition) is 3. The van der Waals surface area contributed by atoms with E-state index in [2.05, 4.69) is 29.4 Å². The van der Waals surface area contributed by atoms with Crippen molar-refractivity contribution in [2.45, 2.75) is 32.5 Å². The minimum Gasteiger partial charge on any atom is -0.306 e. The van der Waals surface area contributed by atoms with E-state index in [0.717, 1.165) is 5.69 Å². The van der Waals surface area contributed by atoms with Gasteiger partial charge in [-0.05, 0) is 44.2 Å². The van der Waals surface area contributed by atoms with Gasteiger partial charge in [-0.3, -0.25) is 4.68 Å². The summed E-state index contributed by atoms with van der Waals surface area (Å²) < 4.78 is 16.9. The molecule has 2 heterocycles. The van der Waals surface area contributed by atoms with Gasteiger partial charge in [-0.15, -0.1) is 0 Å². The molecule has 0 unspecified atom stereocenters. The number of aromatic nitrogens is 4. The average Bonchev–Trinajstić information content (AvgIpc) is 3.23. The molecule has 0 aliphatic heterocycles. The van der Waals surface area contributed by atoms with Gasteiger partial charge in [-0.2, -0.15) is 10.2 Å². The molecule has 0 spiro atoms. The van der Waals surface area contributed by atoms with Crippen LogP contribution in [0.25, 0.3) is 5.69 Å². The predicted octanol–water partition coefficient (Wildman–Crippen LogP) is 2.95. The highest BCUT2D eigenvalue weighted by molar-refractivity contribution is 5.31. The van der Waals surface area contributed by atoms with E-state index >= 15 is 0 Å². The molecule has 2 atom stereocenters. The number of rotatable bonds is 6. The molecule has 0 bridgehead atoms. The summed E-state index contributed by atoms with van der Waals surface area (Å²) in [5.74, 6) is -0.264. The minimum atomic E-state index is -0.264. The summed E-state index contributed by atoms with van der Waals surface area (Å²) in [7, 11) is 0. The first-order valence-electron chi connectivity index (χ1n) is 7.66. The second-order valence-electron chi connectivity index (χ2n) is 5.63. The van der Waals surface area contributed by atoms with Crippen LogP contribution in [-0.2, 0) is 6.54 Å². The zero-order valence-corrected chi connectivity index (χ0v) is 13.2. The van der Waals surface area contributed by atoms with Crippen molar-refractivity contribution in [3.63, 3.8) is 0 Å². The van der Waals surface area contributed by atoms with E-state index in [1.165, 1.54) is 12.1 Å². The number of hydrogen-bond donors (Lipinski definition) is 1. The van der Waals surface area contributed by atoms with E-state index in [9.17, 15) is 4.39 Å². The van der Waals surface area contributed by atoms with Crippen LogP contribution >= 0.6 is 0 Å². The maximum Gasteiger partial charge on any atom is 0.125 e. The molecule has 2 aromatic heterocycles. The van der Waals surface area contributed by atoms with Crippen LogP contribution in [0, 0.1) is 5.82 Å². The highest BCUT2D eigenvalue weighted by Gasteiger charge is 2.14. The van der Waals surface area contributed by atoms with Gasteiger partial charge in [0.05, 0.1) is 17.4 Å². The van der Waals surface area contributed by atoms with E-state index in [0.29, 0.717) is 12.2 Å². The number of nitrogens with one attached hydrogen (secondary N) is 1. The number of halogens is 1. The van der Waals surface area contributed by atoms with Crippen molar-refractivity contribution in [3.8, 4) is 5.69 Å². The molecule has 3 rings (SSSR count). The summed E-state index contributed by atoms with van der Waals surface area (Å²) >= 11 is 0. The standard InChI is InChI=1S/C17H20FN5/c1-13(14(2)22-9-4-8-20-22)19-12-16-7-10-23(21-16)17-6-3-5-15(18)11-17/h3-11,13-14,19H,12H2,1-2H3/t13-,14+/m1/s1. The molecule has 6 heteroatoms. The Balaban J connectivity index is 1.61. The molecule has 0 amide bonds. The third kappa shape index (κ3) is 3.65. The lowest BCUT2D eigenvalue weighted by Gasteiger charge is -2.21. The fourth-order valence-corrected chi connectivity index (χ4v) is 2.41. The van der Waals surface area contributed by atoms with Crippen LogP contribution < -0.4 is 5.32 Å². The van der Waals surface area contributed by atoms with E-state index in [-0.39, 0.29) is 17.9 Å². The summed E-state index contributed by atoms with van der Waals surface area (Å²) in [4.78, 5) is 0. The molecule has 1 aromatic carbocycles. The monoisotopic (exact) mass is 313 g/mol. The Morgan fingerprint density at radius 3 is 2.78 bits per heavy atom. The highest BCUT2D eigenvalue weighted by atomic mass is 19.1. The number of benzene rings is 1. The fraction of sp³-hybridized carbons (Fsp3) is 0.294. The molecule has 1 N–H and O–H groups in total. The van der Waals surface area contributed by atoms with Gasteiger partial charge in [-0.1, -0.05) is 6.07 Å². The number of nitrogens with zero attached hydrogens (tertiary/aromatic N) is 4. The Kier molecular flexibility index (Phi) is 4.52. The lowest BCUT2D eigenvalue weighted by Crippen LogP contribution is -2.33. The summed E-state index contributed by atoms with van der Waals surface area (Å²) in [6, 6.07) is 10.7. The largest absolute Gasteiger partial charge is 0.306 e.